The zero-order valence-electron chi connectivity index (χ0n) is 10.9. The first-order valence-electron chi connectivity index (χ1n) is 6.19. The summed E-state index contributed by atoms with van der Waals surface area (Å²) in [6.45, 7) is 2.38. The molecule has 1 heterocycles. The first-order chi connectivity index (χ1) is 9.31. The van der Waals surface area contributed by atoms with E-state index < -0.39 is 15.8 Å². The average Bonchev–Trinajstić information content (AvgIpc) is 2.86. The number of sulfonamides is 1. The van der Waals surface area contributed by atoms with Crippen LogP contribution in [-0.2, 0) is 14.8 Å². The fourth-order valence-corrected chi connectivity index (χ4v) is 4.06. The zero-order chi connectivity index (χ0) is 14.9. The number of rotatable bonds is 4. The Morgan fingerprint density at radius 3 is 2.85 bits per heavy atom. The predicted octanol–water partition coefficient (Wildman–Crippen LogP) is 2.02. The van der Waals surface area contributed by atoms with Gasteiger partial charge in [0.05, 0.1) is 16.3 Å². The third-order valence-corrected chi connectivity index (χ3v) is 5.43. The van der Waals surface area contributed by atoms with Crippen LogP contribution in [0.25, 0.3) is 0 Å². The molecule has 1 fully saturated rings. The predicted molar refractivity (Wildman–Crippen MR) is 77.3 cm³/mol. The van der Waals surface area contributed by atoms with Crippen LogP contribution >= 0.6 is 15.9 Å². The van der Waals surface area contributed by atoms with Crippen LogP contribution in [0.4, 0.5) is 10.1 Å². The van der Waals surface area contributed by atoms with Crippen molar-refractivity contribution in [1.82, 2.24) is 4.72 Å². The summed E-state index contributed by atoms with van der Waals surface area (Å²) >= 11 is 2.96. The lowest BCUT2D eigenvalue weighted by Crippen LogP contribution is -2.41. The second-order valence-electron chi connectivity index (χ2n) is 4.77. The van der Waals surface area contributed by atoms with E-state index in [4.69, 9.17) is 10.5 Å². The van der Waals surface area contributed by atoms with Crippen molar-refractivity contribution in [2.24, 2.45) is 0 Å². The Hall–Kier alpha value is -0.700. The molecule has 2 unspecified atom stereocenters. The quantitative estimate of drug-likeness (QED) is 0.798. The highest BCUT2D eigenvalue weighted by atomic mass is 79.9. The summed E-state index contributed by atoms with van der Waals surface area (Å²) in [5, 5.41) is 0. The molecule has 0 spiro atoms. The van der Waals surface area contributed by atoms with Gasteiger partial charge in [-0.05, 0) is 47.8 Å². The topological polar surface area (TPSA) is 81.4 Å². The minimum absolute atomic E-state index is 0.0526. The molecular formula is C12H16BrFN2O3S. The van der Waals surface area contributed by atoms with Gasteiger partial charge in [0.25, 0.3) is 0 Å². The van der Waals surface area contributed by atoms with E-state index in [1.54, 1.807) is 6.92 Å². The molecule has 2 rings (SSSR count). The largest absolute Gasteiger partial charge is 0.398 e. The van der Waals surface area contributed by atoms with E-state index in [-0.39, 0.29) is 27.2 Å². The second-order valence-corrected chi connectivity index (χ2v) is 7.30. The maximum atomic E-state index is 13.3. The highest BCUT2D eigenvalue weighted by Crippen LogP contribution is 2.27. The number of hydrogen-bond acceptors (Lipinski definition) is 4. The monoisotopic (exact) mass is 366 g/mol. The van der Waals surface area contributed by atoms with Crippen LogP contribution in [0.5, 0.6) is 0 Å². The fourth-order valence-electron chi connectivity index (χ4n) is 2.16. The number of nitrogen functional groups attached to an aromatic ring is 1. The van der Waals surface area contributed by atoms with Crippen LogP contribution in [0.2, 0.25) is 0 Å². The number of benzene rings is 1. The molecule has 0 aromatic heterocycles. The van der Waals surface area contributed by atoms with Gasteiger partial charge < -0.3 is 10.5 Å². The lowest BCUT2D eigenvalue weighted by Gasteiger charge is -2.20. The van der Waals surface area contributed by atoms with Gasteiger partial charge in [-0.25, -0.2) is 17.5 Å². The van der Waals surface area contributed by atoms with E-state index >= 15 is 0 Å². The third-order valence-electron chi connectivity index (χ3n) is 3.21. The van der Waals surface area contributed by atoms with Crippen LogP contribution in [0.1, 0.15) is 19.8 Å². The first-order valence-corrected chi connectivity index (χ1v) is 8.47. The summed E-state index contributed by atoms with van der Waals surface area (Å²) in [6, 6.07) is 1.77. The lowest BCUT2D eigenvalue weighted by molar-refractivity contribution is 0.0902. The summed E-state index contributed by atoms with van der Waals surface area (Å²) < 4.78 is 45.9. The van der Waals surface area contributed by atoms with Crippen molar-refractivity contribution in [3.8, 4) is 0 Å². The van der Waals surface area contributed by atoms with Crippen molar-refractivity contribution in [3.05, 3.63) is 22.4 Å². The van der Waals surface area contributed by atoms with Gasteiger partial charge >= 0.3 is 0 Å². The number of ether oxygens (including phenoxy) is 1. The van der Waals surface area contributed by atoms with Crippen molar-refractivity contribution >= 4 is 31.6 Å². The maximum Gasteiger partial charge on any atom is 0.242 e. The zero-order valence-corrected chi connectivity index (χ0v) is 13.3. The average molecular weight is 367 g/mol. The molecule has 2 atom stereocenters. The molecular weight excluding hydrogens is 351 g/mol. The molecule has 0 saturated carbocycles. The molecule has 1 aliphatic heterocycles. The number of hydrogen-bond donors (Lipinski definition) is 2. The number of anilines is 1. The summed E-state index contributed by atoms with van der Waals surface area (Å²) in [5.41, 5.74) is 5.47. The molecule has 112 valence electrons. The van der Waals surface area contributed by atoms with E-state index in [1.165, 1.54) is 0 Å². The number of halogens is 2. The Bertz CT molecular complexity index is 603. The van der Waals surface area contributed by atoms with Crippen molar-refractivity contribution < 1.29 is 17.5 Å². The highest BCUT2D eigenvalue weighted by Gasteiger charge is 2.28. The van der Waals surface area contributed by atoms with Gasteiger partial charge in [0.1, 0.15) is 10.7 Å². The van der Waals surface area contributed by atoms with Gasteiger partial charge in [0.2, 0.25) is 10.0 Å². The molecule has 20 heavy (non-hydrogen) atoms. The normalized spacial score (nSPS) is 21.1. The summed E-state index contributed by atoms with van der Waals surface area (Å²) in [4.78, 5) is -0.143. The molecule has 0 amide bonds. The van der Waals surface area contributed by atoms with E-state index in [2.05, 4.69) is 20.7 Å². The van der Waals surface area contributed by atoms with Crippen molar-refractivity contribution in [2.45, 2.75) is 36.8 Å². The molecule has 1 saturated heterocycles. The molecule has 8 heteroatoms. The van der Waals surface area contributed by atoms with E-state index in [1.807, 2.05) is 0 Å². The molecule has 0 aliphatic carbocycles. The smallest absolute Gasteiger partial charge is 0.242 e. The molecule has 0 bridgehead atoms. The first kappa shape index (κ1) is 15.7. The molecule has 5 nitrogen and oxygen atoms in total. The third kappa shape index (κ3) is 3.30. The molecule has 1 aliphatic rings. The molecule has 3 N–H and O–H groups in total. The van der Waals surface area contributed by atoms with Gasteiger partial charge in [-0.2, -0.15) is 0 Å². The number of nitrogens with one attached hydrogen (secondary N) is 1. The standard InChI is InChI=1S/C12H16BrFN2O3S/c1-7(11-3-2-4-19-11)16-20(17,18)12-5-8(13)9(14)6-10(12)15/h5-7,11,16H,2-4,15H2,1H3. The lowest BCUT2D eigenvalue weighted by atomic mass is 10.1. The minimum atomic E-state index is -3.82. The van der Waals surface area contributed by atoms with E-state index in [0.29, 0.717) is 6.61 Å². The van der Waals surface area contributed by atoms with Crippen LogP contribution in [0.15, 0.2) is 21.5 Å². The van der Waals surface area contributed by atoms with Crippen LogP contribution in [-0.4, -0.2) is 27.2 Å². The van der Waals surface area contributed by atoms with Gasteiger partial charge in [0, 0.05) is 12.6 Å². The maximum absolute atomic E-state index is 13.3. The minimum Gasteiger partial charge on any atom is -0.398 e. The van der Waals surface area contributed by atoms with Crippen LogP contribution in [0, 0.1) is 5.82 Å². The van der Waals surface area contributed by atoms with E-state index in [0.717, 1.165) is 25.0 Å². The Morgan fingerprint density at radius 2 is 2.25 bits per heavy atom. The van der Waals surface area contributed by atoms with Gasteiger partial charge in [-0.15, -0.1) is 0 Å². The Labute approximate surface area is 125 Å². The van der Waals surface area contributed by atoms with Gasteiger partial charge in [-0.1, -0.05) is 0 Å². The summed E-state index contributed by atoms with van der Waals surface area (Å²) in [7, 11) is -3.82. The van der Waals surface area contributed by atoms with Crippen molar-refractivity contribution in [2.75, 3.05) is 12.3 Å². The molecule has 1 aromatic carbocycles. The van der Waals surface area contributed by atoms with E-state index in [9.17, 15) is 12.8 Å². The van der Waals surface area contributed by atoms with Gasteiger partial charge in [0.15, 0.2) is 0 Å². The van der Waals surface area contributed by atoms with Crippen LogP contribution < -0.4 is 10.5 Å². The van der Waals surface area contributed by atoms with Crippen molar-refractivity contribution in [1.29, 1.82) is 0 Å². The SMILES string of the molecule is CC(NS(=O)(=O)c1cc(Br)c(F)cc1N)C1CCCO1. The summed E-state index contributed by atoms with van der Waals surface area (Å²) in [5.74, 6) is -0.603. The fraction of sp³-hybridized carbons (Fsp3) is 0.500. The Balaban J connectivity index is 2.24. The van der Waals surface area contributed by atoms with Crippen LogP contribution in [0.3, 0.4) is 0 Å². The Kier molecular flexibility index (Phi) is 4.68. The second kappa shape index (κ2) is 5.97. The Morgan fingerprint density at radius 1 is 1.55 bits per heavy atom. The summed E-state index contributed by atoms with van der Waals surface area (Å²) in [6.07, 6.45) is 1.59. The van der Waals surface area contributed by atoms with Crippen molar-refractivity contribution in [3.63, 3.8) is 0 Å². The number of nitrogens with two attached hydrogens (primary N) is 1. The highest BCUT2D eigenvalue weighted by molar-refractivity contribution is 9.10. The van der Waals surface area contributed by atoms with Gasteiger partial charge in [-0.3, -0.25) is 0 Å². The molecule has 0 radical (unpaired) electrons. The molecule has 1 aromatic rings.